The van der Waals surface area contributed by atoms with Gasteiger partial charge in [0, 0.05) is 12.6 Å². The van der Waals surface area contributed by atoms with Crippen LogP contribution in [0.25, 0.3) is 0 Å². The van der Waals surface area contributed by atoms with Gasteiger partial charge in [0.2, 0.25) is 0 Å². The van der Waals surface area contributed by atoms with E-state index in [0.717, 1.165) is 12.0 Å². The minimum atomic E-state index is -0.515. The summed E-state index contributed by atoms with van der Waals surface area (Å²) in [5, 5.41) is 13.8. The Kier molecular flexibility index (Phi) is 5.89. The van der Waals surface area contributed by atoms with E-state index in [-0.39, 0.29) is 24.0 Å². The number of rotatable bonds is 7. The van der Waals surface area contributed by atoms with E-state index < -0.39 is 4.92 Å². The number of nitro groups is 1. The van der Waals surface area contributed by atoms with Gasteiger partial charge in [0.05, 0.1) is 4.92 Å². The van der Waals surface area contributed by atoms with Crippen molar-refractivity contribution in [1.82, 2.24) is 5.32 Å². The number of aryl methyl sites for hydroxylation is 2. The van der Waals surface area contributed by atoms with Crippen LogP contribution < -0.4 is 10.1 Å². The number of carbonyl (C=O) groups is 1. The van der Waals surface area contributed by atoms with Crippen LogP contribution in [-0.4, -0.2) is 24.0 Å². The molecule has 0 atom stereocenters. The lowest BCUT2D eigenvalue weighted by atomic mass is 10.1. The third-order valence-electron chi connectivity index (χ3n) is 3.65. The molecular formula is C18H20N2O4. The molecule has 0 bridgehead atoms. The molecule has 0 aliphatic rings. The van der Waals surface area contributed by atoms with Gasteiger partial charge in [-0.05, 0) is 43.0 Å². The normalized spacial score (nSPS) is 10.2. The fraction of sp³-hybridized carbons (Fsp3) is 0.278. The number of benzene rings is 2. The molecule has 24 heavy (non-hydrogen) atoms. The number of nitro benzene ring substituents is 1. The fourth-order valence-corrected chi connectivity index (χ4v) is 2.31. The van der Waals surface area contributed by atoms with Gasteiger partial charge in [-0.2, -0.15) is 0 Å². The molecule has 0 aromatic heterocycles. The molecule has 0 radical (unpaired) electrons. The molecule has 0 unspecified atom stereocenters. The molecular weight excluding hydrogens is 308 g/mol. The van der Waals surface area contributed by atoms with E-state index in [4.69, 9.17) is 4.74 Å². The van der Waals surface area contributed by atoms with Crippen molar-refractivity contribution in [2.24, 2.45) is 0 Å². The topological polar surface area (TPSA) is 81.5 Å². The number of nitrogens with one attached hydrogen (secondary N) is 1. The molecule has 0 saturated heterocycles. The molecule has 0 aliphatic carbocycles. The molecule has 2 rings (SSSR count). The van der Waals surface area contributed by atoms with Gasteiger partial charge >= 0.3 is 5.69 Å². The summed E-state index contributed by atoms with van der Waals surface area (Å²) in [6.45, 7) is 4.02. The summed E-state index contributed by atoms with van der Waals surface area (Å²) in [6.07, 6.45) is 0.725. The van der Waals surface area contributed by atoms with E-state index in [2.05, 4.69) is 5.32 Å². The molecule has 0 fully saturated rings. The first-order valence-electron chi connectivity index (χ1n) is 7.66. The molecule has 0 saturated carbocycles. The van der Waals surface area contributed by atoms with E-state index in [0.29, 0.717) is 6.54 Å². The minimum Gasteiger partial charge on any atom is -0.477 e. The second-order valence-electron chi connectivity index (χ2n) is 5.54. The van der Waals surface area contributed by atoms with Gasteiger partial charge in [0.15, 0.2) is 12.4 Å². The van der Waals surface area contributed by atoms with Crippen LogP contribution in [0.3, 0.4) is 0 Å². The van der Waals surface area contributed by atoms with Crippen molar-refractivity contribution in [3.8, 4) is 5.75 Å². The highest BCUT2D eigenvalue weighted by molar-refractivity contribution is 5.77. The lowest BCUT2D eigenvalue weighted by molar-refractivity contribution is -0.385. The van der Waals surface area contributed by atoms with Crippen molar-refractivity contribution in [1.29, 1.82) is 0 Å². The Morgan fingerprint density at radius 3 is 2.67 bits per heavy atom. The number of nitrogens with zero attached hydrogens (tertiary/aromatic N) is 1. The summed E-state index contributed by atoms with van der Waals surface area (Å²) >= 11 is 0. The van der Waals surface area contributed by atoms with E-state index >= 15 is 0 Å². The summed E-state index contributed by atoms with van der Waals surface area (Å²) in [5.41, 5.74) is 2.98. The van der Waals surface area contributed by atoms with Gasteiger partial charge in [-0.1, -0.05) is 30.3 Å². The van der Waals surface area contributed by atoms with Crippen molar-refractivity contribution in [2.45, 2.75) is 20.3 Å². The van der Waals surface area contributed by atoms with Crippen LogP contribution in [0.4, 0.5) is 5.69 Å². The molecule has 0 aliphatic heterocycles. The predicted molar refractivity (Wildman–Crippen MR) is 91.2 cm³/mol. The van der Waals surface area contributed by atoms with Crippen LogP contribution in [0.5, 0.6) is 5.75 Å². The summed E-state index contributed by atoms with van der Waals surface area (Å²) in [7, 11) is 0. The van der Waals surface area contributed by atoms with Crippen LogP contribution in [0.15, 0.2) is 42.5 Å². The second-order valence-corrected chi connectivity index (χ2v) is 5.54. The highest BCUT2D eigenvalue weighted by Crippen LogP contribution is 2.27. The zero-order valence-corrected chi connectivity index (χ0v) is 13.7. The van der Waals surface area contributed by atoms with Crippen molar-refractivity contribution in [2.75, 3.05) is 13.2 Å². The van der Waals surface area contributed by atoms with Gasteiger partial charge in [-0.25, -0.2) is 0 Å². The van der Waals surface area contributed by atoms with Gasteiger partial charge in [-0.15, -0.1) is 0 Å². The SMILES string of the molecule is Cc1ccc(OCC(=O)NCCc2ccccc2C)c([N+](=O)[O-])c1. The number of carbonyl (C=O) groups excluding carboxylic acids is 1. The van der Waals surface area contributed by atoms with Crippen LogP contribution in [0.1, 0.15) is 16.7 Å². The van der Waals surface area contributed by atoms with E-state index in [9.17, 15) is 14.9 Å². The van der Waals surface area contributed by atoms with E-state index in [1.165, 1.54) is 23.3 Å². The summed E-state index contributed by atoms with van der Waals surface area (Å²) in [6, 6.07) is 12.6. The number of hydrogen-bond donors (Lipinski definition) is 1. The number of amides is 1. The van der Waals surface area contributed by atoms with Crippen LogP contribution in [-0.2, 0) is 11.2 Å². The molecule has 1 amide bonds. The van der Waals surface area contributed by atoms with Crippen molar-refractivity contribution in [3.05, 3.63) is 69.3 Å². The van der Waals surface area contributed by atoms with E-state index in [1.54, 1.807) is 13.0 Å². The molecule has 6 nitrogen and oxygen atoms in total. The molecule has 0 spiro atoms. The maximum absolute atomic E-state index is 11.8. The first kappa shape index (κ1) is 17.5. The maximum Gasteiger partial charge on any atom is 0.311 e. The minimum absolute atomic E-state index is 0.0969. The van der Waals surface area contributed by atoms with Gasteiger partial charge in [0.1, 0.15) is 0 Å². The molecule has 126 valence electrons. The predicted octanol–water partition coefficient (Wildman–Crippen LogP) is 2.95. The standard InChI is InChI=1S/C18H20N2O4/c1-13-7-8-17(16(11-13)20(22)23)24-12-18(21)19-10-9-15-6-4-3-5-14(15)2/h3-8,11H,9-10,12H2,1-2H3,(H,19,21). The molecule has 2 aromatic carbocycles. The molecule has 6 heteroatoms. The third-order valence-corrected chi connectivity index (χ3v) is 3.65. The van der Waals surface area contributed by atoms with Crippen LogP contribution in [0.2, 0.25) is 0 Å². The Balaban J connectivity index is 1.84. The Morgan fingerprint density at radius 1 is 1.21 bits per heavy atom. The highest BCUT2D eigenvalue weighted by atomic mass is 16.6. The average Bonchev–Trinajstić information content (AvgIpc) is 2.55. The number of ether oxygens (including phenoxy) is 1. The Morgan fingerprint density at radius 2 is 1.96 bits per heavy atom. The first-order valence-corrected chi connectivity index (χ1v) is 7.66. The summed E-state index contributed by atoms with van der Waals surface area (Å²) in [5.74, 6) is -0.210. The Bertz CT molecular complexity index is 744. The van der Waals surface area contributed by atoms with Crippen molar-refractivity contribution >= 4 is 11.6 Å². The van der Waals surface area contributed by atoms with Gasteiger partial charge in [-0.3, -0.25) is 14.9 Å². The third kappa shape index (κ3) is 4.81. The average molecular weight is 328 g/mol. The quantitative estimate of drug-likeness (QED) is 0.626. The van der Waals surface area contributed by atoms with Crippen molar-refractivity contribution < 1.29 is 14.5 Å². The first-order chi connectivity index (χ1) is 11.5. The van der Waals surface area contributed by atoms with Crippen LogP contribution in [0, 0.1) is 24.0 Å². The van der Waals surface area contributed by atoms with Crippen molar-refractivity contribution in [3.63, 3.8) is 0 Å². The second kappa shape index (κ2) is 8.10. The highest BCUT2D eigenvalue weighted by Gasteiger charge is 2.16. The smallest absolute Gasteiger partial charge is 0.311 e. The summed E-state index contributed by atoms with van der Waals surface area (Å²) < 4.78 is 5.29. The monoisotopic (exact) mass is 328 g/mol. The summed E-state index contributed by atoms with van der Waals surface area (Å²) in [4.78, 5) is 22.3. The molecule has 1 N–H and O–H groups in total. The number of hydrogen-bond acceptors (Lipinski definition) is 4. The van der Waals surface area contributed by atoms with Crippen LogP contribution >= 0.6 is 0 Å². The Hall–Kier alpha value is -2.89. The molecule has 2 aromatic rings. The lowest BCUT2D eigenvalue weighted by Gasteiger charge is -2.09. The zero-order chi connectivity index (χ0) is 17.5. The maximum atomic E-state index is 11.8. The van der Waals surface area contributed by atoms with Gasteiger partial charge in [0.25, 0.3) is 5.91 Å². The lowest BCUT2D eigenvalue weighted by Crippen LogP contribution is -2.30. The van der Waals surface area contributed by atoms with E-state index in [1.807, 2.05) is 31.2 Å². The largest absolute Gasteiger partial charge is 0.477 e. The zero-order valence-electron chi connectivity index (χ0n) is 13.7. The van der Waals surface area contributed by atoms with Gasteiger partial charge < -0.3 is 10.1 Å². The molecule has 0 heterocycles. The fourth-order valence-electron chi connectivity index (χ4n) is 2.31. The Labute approximate surface area is 140 Å².